The van der Waals surface area contributed by atoms with Crippen LogP contribution in [0, 0.1) is 0 Å². The van der Waals surface area contributed by atoms with Gasteiger partial charge in [-0.25, -0.2) is 9.59 Å². The molecule has 8 heteroatoms. The lowest BCUT2D eigenvalue weighted by molar-refractivity contribution is -0.139. The first-order chi connectivity index (χ1) is 8.95. The maximum absolute atomic E-state index is 11.7. The predicted molar refractivity (Wildman–Crippen MR) is 77.1 cm³/mol. The molecule has 0 fully saturated rings. The van der Waals surface area contributed by atoms with Crippen LogP contribution >= 0.6 is 31.9 Å². The van der Waals surface area contributed by atoms with E-state index in [1.165, 1.54) is 0 Å². The fraction of sp³-hybridized carbons (Fsp3) is 0.273. The number of amides is 2. The Balaban J connectivity index is 2.72. The fourth-order valence-electron chi connectivity index (χ4n) is 1.31. The van der Waals surface area contributed by atoms with Crippen LogP contribution in [0.1, 0.15) is 6.42 Å². The number of urea groups is 1. The van der Waals surface area contributed by atoms with Crippen molar-refractivity contribution in [2.45, 2.75) is 12.5 Å². The normalized spacial score (nSPS) is 11.7. The molecule has 0 saturated heterocycles. The molecule has 1 aromatic carbocycles. The number of benzene rings is 1. The minimum Gasteiger partial charge on any atom is -0.480 e. The summed E-state index contributed by atoms with van der Waals surface area (Å²) in [5, 5.41) is 22.4. The number of halogens is 2. The lowest BCUT2D eigenvalue weighted by atomic mass is 10.2. The van der Waals surface area contributed by atoms with E-state index < -0.39 is 18.0 Å². The highest BCUT2D eigenvalue weighted by atomic mass is 79.9. The predicted octanol–water partition coefficient (Wildman–Crippen LogP) is 2.17. The average molecular weight is 396 g/mol. The molecule has 0 aliphatic carbocycles. The van der Waals surface area contributed by atoms with Gasteiger partial charge in [-0.15, -0.1) is 0 Å². The minimum atomic E-state index is -1.20. The smallest absolute Gasteiger partial charge is 0.326 e. The number of carboxylic acid groups (broad SMARTS) is 1. The number of nitrogens with one attached hydrogen (secondary N) is 2. The Bertz CT molecular complexity index is 462. The zero-order valence-electron chi connectivity index (χ0n) is 9.69. The van der Waals surface area contributed by atoms with Gasteiger partial charge in [0, 0.05) is 22.0 Å². The Morgan fingerprint density at radius 1 is 1.26 bits per heavy atom. The van der Waals surface area contributed by atoms with E-state index in [0.717, 1.165) is 0 Å². The highest BCUT2D eigenvalue weighted by molar-refractivity contribution is 9.11. The average Bonchev–Trinajstić information content (AvgIpc) is 2.33. The van der Waals surface area contributed by atoms with Gasteiger partial charge in [-0.2, -0.15) is 0 Å². The van der Waals surface area contributed by atoms with Gasteiger partial charge in [-0.05, 0) is 44.0 Å². The third-order valence-electron chi connectivity index (χ3n) is 2.22. The Morgan fingerprint density at radius 2 is 1.84 bits per heavy atom. The van der Waals surface area contributed by atoms with E-state index in [9.17, 15) is 9.59 Å². The number of para-hydroxylation sites is 1. The molecular weight excluding hydrogens is 384 g/mol. The standard InChI is InChI=1S/C11H12Br2N2O4/c12-6-2-1-3-7(13)9(6)15-11(19)14-8(4-5-16)10(17)18/h1-3,8,16H,4-5H2,(H,17,18)(H2,14,15,19)/t8-/m0/s1. The molecular formula is C11H12Br2N2O4. The van der Waals surface area contributed by atoms with Crippen LogP contribution in [0.5, 0.6) is 0 Å². The van der Waals surface area contributed by atoms with Gasteiger partial charge in [0.05, 0.1) is 5.69 Å². The van der Waals surface area contributed by atoms with Gasteiger partial charge < -0.3 is 20.8 Å². The van der Waals surface area contributed by atoms with Gasteiger partial charge in [0.2, 0.25) is 0 Å². The van der Waals surface area contributed by atoms with Gasteiger partial charge in [-0.1, -0.05) is 6.07 Å². The van der Waals surface area contributed by atoms with Crippen molar-refractivity contribution in [3.63, 3.8) is 0 Å². The number of carbonyl (C=O) groups excluding carboxylic acids is 1. The number of aliphatic carboxylic acids is 1. The van der Waals surface area contributed by atoms with Crippen molar-refractivity contribution in [1.82, 2.24) is 5.32 Å². The van der Waals surface area contributed by atoms with Crippen LogP contribution in [0.15, 0.2) is 27.1 Å². The van der Waals surface area contributed by atoms with E-state index in [1.807, 2.05) is 0 Å². The highest BCUT2D eigenvalue weighted by Crippen LogP contribution is 2.30. The number of anilines is 1. The number of carboxylic acids is 1. The van der Waals surface area contributed by atoms with Gasteiger partial charge in [0.25, 0.3) is 0 Å². The van der Waals surface area contributed by atoms with E-state index in [4.69, 9.17) is 10.2 Å². The monoisotopic (exact) mass is 394 g/mol. The number of hydrogen-bond donors (Lipinski definition) is 4. The zero-order valence-corrected chi connectivity index (χ0v) is 12.9. The molecule has 1 aromatic rings. The van der Waals surface area contributed by atoms with Crippen LogP contribution in [0.2, 0.25) is 0 Å². The molecule has 1 rings (SSSR count). The van der Waals surface area contributed by atoms with E-state index in [1.54, 1.807) is 18.2 Å². The van der Waals surface area contributed by atoms with Gasteiger partial charge in [0.15, 0.2) is 0 Å². The van der Waals surface area contributed by atoms with E-state index in [2.05, 4.69) is 42.5 Å². The molecule has 2 amide bonds. The second kappa shape index (κ2) is 7.46. The van der Waals surface area contributed by atoms with Crippen LogP contribution in [-0.4, -0.2) is 34.9 Å². The summed E-state index contributed by atoms with van der Waals surface area (Å²) in [6.07, 6.45) is -0.0557. The molecule has 104 valence electrons. The van der Waals surface area contributed by atoms with Crippen LogP contribution in [0.3, 0.4) is 0 Å². The second-order valence-electron chi connectivity index (χ2n) is 3.60. The number of carbonyl (C=O) groups is 2. The molecule has 4 N–H and O–H groups in total. The van der Waals surface area contributed by atoms with Crippen molar-refractivity contribution in [3.8, 4) is 0 Å². The molecule has 19 heavy (non-hydrogen) atoms. The molecule has 0 unspecified atom stereocenters. The summed E-state index contributed by atoms with van der Waals surface area (Å²) in [5.74, 6) is -1.20. The number of aliphatic hydroxyl groups is 1. The molecule has 0 spiro atoms. The molecule has 0 aromatic heterocycles. The zero-order chi connectivity index (χ0) is 14.4. The van der Waals surface area contributed by atoms with Crippen molar-refractivity contribution in [2.75, 3.05) is 11.9 Å². The summed E-state index contributed by atoms with van der Waals surface area (Å²) >= 11 is 6.55. The van der Waals surface area contributed by atoms with Crippen LogP contribution < -0.4 is 10.6 Å². The van der Waals surface area contributed by atoms with Crippen molar-refractivity contribution < 1.29 is 19.8 Å². The first kappa shape index (κ1) is 15.9. The van der Waals surface area contributed by atoms with Crippen LogP contribution in [0.4, 0.5) is 10.5 Å². The third kappa shape index (κ3) is 4.81. The summed E-state index contributed by atoms with van der Waals surface area (Å²) in [6, 6.07) is 3.47. The Hall–Kier alpha value is -1.12. The first-order valence-corrected chi connectivity index (χ1v) is 6.89. The van der Waals surface area contributed by atoms with Crippen molar-refractivity contribution in [1.29, 1.82) is 0 Å². The molecule has 0 radical (unpaired) electrons. The molecule has 0 aliphatic rings. The molecule has 0 bridgehead atoms. The summed E-state index contributed by atoms with van der Waals surface area (Å²) in [7, 11) is 0. The topological polar surface area (TPSA) is 98.7 Å². The maximum Gasteiger partial charge on any atom is 0.326 e. The number of aliphatic hydroxyl groups excluding tert-OH is 1. The van der Waals surface area contributed by atoms with E-state index in [0.29, 0.717) is 14.6 Å². The summed E-state index contributed by atoms with van der Waals surface area (Å²) in [6.45, 7) is -0.323. The number of hydrogen-bond acceptors (Lipinski definition) is 3. The lowest BCUT2D eigenvalue weighted by Crippen LogP contribution is -2.43. The maximum atomic E-state index is 11.7. The Kier molecular flexibility index (Phi) is 6.26. The Morgan fingerprint density at radius 3 is 2.32 bits per heavy atom. The van der Waals surface area contributed by atoms with Crippen LogP contribution in [0.25, 0.3) is 0 Å². The van der Waals surface area contributed by atoms with Crippen LogP contribution in [-0.2, 0) is 4.79 Å². The third-order valence-corrected chi connectivity index (χ3v) is 3.54. The van der Waals surface area contributed by atoms with Crippen molar-refractivity contribution in [2.24, 2.45) is 0 Å². The molecule has 0 heterocycles. The summed E-state index contributed by atoms with van der Waals surface area (Å²) in [5.41, 5.74) is 0.494. The summed E-state index contributed by atoms with van der Waals surface area (Å²) < 4.78 is 1.32. The lowest BCUT2D eigenvalue weighted by Gasteiger charge is -2.15. The molecule has 1 atom stereocenters. The number of rotatable bonds is 5. The Labute approximate surface area is 126 Å². The quantitative estimate of drug-likeness (QED) is 0.613. The highest BCUT2D eigenvalue weighted by Gasteiger charge is 2.19. The van der Waals surface area contributed by atoms with Gasteiger partial charge >= 0.3 is 12.0 Å². The van der Waals surface area contributed by atoms with E-state index in [-0.39, 0.29) is 13.0 Å². The molecule has 0 saturated carbocycles. The van der Waals surface area contributed by atoms with E-state index >= 15 is 0 Å². The van der Waals surface area contributed by atoms with Crippen molar-refractivity contribution in [3.05, 3.63) is 27.1 Å². The SMILES string of the molecule is O=C(Nc1c(Br)cccc1Br)N[C@@H](CCO)C(=O)O. The first-order valence-electron chi connectivity index (χ1n) is 5.31. The second-order valence-corrected chi connectivity index (χ2v) is 5.31. The molecule has 0 aliphatic heterocycles. The minimum absolute atomic E-state index is 0.0557. The van der Waals surface area contributed by atoms with Crippen molar-refractivity contribution >= 4 is 49.5 Å². The molecule has 6 nitrogen and oxygen atoms in total. The summed E-state index contributed by atoms with van der Waals surface area (Å²) in [4.78, 5) is 22.5. The largest absolute Gasteiger partial charge is 0.480 e. The van der Waals surface area contributed by atoms with Gasteiger partial charge in [-0.3, -0.25) is 0 Å². The fourth-order valence-corrected chi connectivity index (χ4v) is 2.51. The van der Waals surface area contributed by atoms with Gasteiger partial charge in [0.1, 0.15) is 6.04 Å².